The van der Waals surface area contributed by atoms with E-state index >= 15 is 0 Å². The summed E-state index contributed by atoms with van der Waals surface area (Å²) in [6, 6.07) is 4.16. The predicted molar refractivity (Wildman–Crippen MR) is 169 cm³/mol. The van der Waals surface area contributed by atoms with Crippen LogP contribution in [0.3, 0.4) is 0 Å². The van der Waals surface area contributed by atoms with Gasteiger partial charge in [0.1, 0.15) is 29.2 Å². The van der Waals surface area contributed by atoms with Gasteiger partial charge in [0, 0.05) is 29.4 Å². The maximum absolute atomic E-state index is 13.9. The molecule has 0 radical (unpaired) electrons. The quantitative estimate of drug-likeness (QED) is 0.255. The van der Waals surface area contributed by atoms with Crippen molar-refractivity contribution in [3.8, 4) is 17.4 Å². The highest BCUT2D eigenvalue weighted by Crippen LogP contribution is 2.47. The van der Waals surface area contributed by atoms with Crippen molar-refractivity contribution < 1.29 is 41.7 Å². The number of nitrogens with zero attached hydrogens (tertiary/aromatic N) is 2. The Kier molecular flexibility index (Phi) is 8.71. The Morgan fingerprint density at radius 2 is 1.93 bits per heavy atom. The number of benzene rings is 1. The average molecular weight is 657 g/mol. The second-order valence-corrected chi connectivity index (χ2v) is 14.5. The lowest BCUT2D eigenvalue weighted by Crippen LogP contribution is -2.57. The molecule has 3 aliphatic rings. The number of fused-ring (bicyclic) bond motifs is 1. The van der Waals surface area contributed by atoms with Crippen LogP contribution in [0.4, 0.5) is 4.79 Å². The molecule has 3 amide bonds. The Labute approximate surface area is 268 Å². The van der Waals surface area contributed by atoms with Crippen LogP contribution in [0.5, 0.6) is 17.4 Å². The first kappa shape index (κ1) is 33.0. The molecule has 4 atom stereocenters. The normalized spacial score (nSPS) is 24.5. The Morgan fingerprint density at radius 3 is 2.52 bits per heavy atom. The molecule has 1 aromatic carbocycles. The molecule has 1 saturated heterocycles. The minimum absolute atomic E-state index is 0.0239. The van der Waals surface area contributed by atoms with Crippen LogP contribution < -0.4 is 24.2 Å². The summed E-state index contributed by atoms with van der Waals surface area (Å²) >= 11 is 0. The molecule has 5 rings (SSSR count). The molecule has 248 valence electrons. The molecule has 2 aliphatic carbocycles. The third-order valence-corrected chi connectivity index (χ3v) is 11.0. The highest BCUT2D eigenvalue weighted by molar-refractivity contribution is 7.91. The van der Waals surface area contributed by atoms with Gasteiger partial charge in [-0.25, -0.2) is 18.2 Å². The zero-order chi connectivity index (χ0) is 33.6. The number of aromatic nitrogens is 1. The summed E-state index contributed by atoms with van der Waals surface area (Å²) in [6.45, 7) is 14.5. The fourth-order valence-electron chi connectivity index (χ4n) is 5.74. The van der Waals surface area contributed by atoms with Crippen molar-refractivity contribution in [3.05, 3.63) is 48.8 Å². The minimum atomic E-state index is -3.95. The van der Waals surface area contributed by atoms with E-state index in [-0.39, 0.29) is 25.1 Å². The van der Waals surface area contributed by atoms with Gasteiger partial charge in [0.25, 0.3) is 5.91 Å². The number of rotatable bonds is 12. The average Bonchev–Trinajstić information content (AvgIpc) is 3.87. The largest absolute Gasteiger partial charge is 0.496 e. The van der Waals surface area contributed by atoms with Crippen molar-refractivity contribution in [2.45, 2.75) is 75.8 Å². The highest BCUT2D eigenvalue weighted by Gasteiger charge is 2.63. The van der Waals surface area contributed by atoms with Crippen LogP contribution in [0, 0.1) is 12.8 Å². The molecule has 2 aromatic rings. The standard InChI is InChI=1S/C32H40N4O9S/c1-8-20-16-32(20,29(38)35-46(40,41)31(6)12-13-31)34-28(37)23-14-21(17-36(23)30(39)44-18(3)4)45-25-15-26(43-9-2)33-27-19(5)24(42-7)11-10-22(25)27/h8,10-11,15,20-21,23H,1,3,9,12-14,16-17H2,2,4-7H3,(H,34,37)(H,35,38)/t20-,21-,23+,32-/m1/s1. The zero-order valence-electron chi connectivity index (χ0n) is 26.7. The van der Waals surface area contributed by atoms with Crippen LogP contribution in [-0.2, 0) is 24.3 Å². The van der Waals surface area contributed by atoms with Gasteiger partial charge in [-0.1, -0.05) is 12.7 Å². The number of nitrogens with one attached hydrogen (secondary N) is 2. The van der Waals surface area contributed by atoms with E-state index in [1.165, 1.54) is 17.9 Å². The van der Waals surface area contributed by atoms with E-state index in [9.17, 15) is 22.8 Å². The Hall–Kier alpha value is -4.33. The van der Waals surface area contributed by atoms with Crippen LogP contribution in [0.2, 0.25) is 0 Å². The molecule has 14 heteroatoms. The summed E-state index contributed by atoms with van der Waals surface area (Å²) in [5.41, 5.74) is -0.132. The van der Waals surface area contributed by atoms with Crippen molar-refractivity contribution in [3.63, 3.8) is 0 Å². The number of amides is 3. The van der Waals surface area contributed by atoms with Gasteiger partial charge in [0.15, 0.2) is 0 Å². The lowest BCUT2D eigenvalue weighted by Gasteiger charge is -2.26. The third kappa shape index (κ3) is 6.09. The summed E-state index contributed by atoms with van der Waals surface area (Å²) in [6.07, 6.45) is 1.10. The van der Waals surface area contributed by atoms with Gasteiger partial charge in [-0.2, -0.15) is 0 Å². The molecule has 0 bridgehead atoms. The molecule has 2 heterocycles. The number of aryl methyl sites for hydroxylation is 1. The van der Waals surface area contributed by atoms with Gasteiger partial charge < -0.3 is 24.3 Å². The maximum Gasteiger partial charge on any atom is 0.415 e. The maximum atomic E-state index is 13.9. The van der Waals surface area contributed by atoms with E-state index < -0.39 is 56.3 Å². The van der Waals surface area contributed by atoms with E-state index in [1.54, 1.807) is 26.2 Å². The number of sulfonamides is 1. The second-order valence-electron chi connectivity index (χ2n) is 12.3. The number of allylic oxidation sites excluding steroid dienone is 1. The van der Waals surface area contributed by atoms with Gasteiger partial charge in [0.2, 0.25) is 21.8 Å². The smallest absolute Gasteiger partial charge is 0.415 e. The summed E-state index contributed by atoms with van der Waals surface area (Å²) in [5, 5.41) is 3.42. The Bertz CT molecular complexity index is 1720. The van der Waals surface area contributed by atoms with E-state index in [4.69, 9.17) is 18.9 Å². The van der Waals surface area contributed by atoms with Crippen molar-refractivity contribution >= 4 is 38.8 Å². The van der Waals surface area contributed by atoms with Gasteiger partial charge in [-0.3, -0.25) is 19.2 Å². The number of methoxy groups -OCH3 is 1. The van der Waals surface area contributed by atoms with Gasteiger partial charge in [0.05, 0.1) is 36.3 Å². The molecule has 1 aromatic heterocycles. The van der Waals surface area contributed by atoms with E-state index in [0.717, 1.165) is 5.56 Å². The molecular weight excluding hydrogens is 616 g/mol. The number of hydrogen-bond donors (Lipinski definition) is 2. The number of likely N-dealkylation sites (tertiary alicyclic amines) is 1. The van der Waals surface area contributed by atoms with Crippen molar-refractivity contribution in [1.82, 2.24) is 19.9 Å². The monoisotopic (exact) mass is 656 g/mol. The van der Waals surface area contributed by atoms with Gasteiger partial charge in [-0.05, 0) is 59.1 Å². The van der Waals surface area contributed by atoms with E-state index in [0.29, 0.717) is 47.7 Å². The summed E-state index contributed by atoms with van der Waals surface area (Å²) < 4.78 is 49.7. The lowest BCUT2D eigenvalue weighted by molar-refractivity contribution is -0.131. The lowest BCUT2D eigenvalue weighted by atomic mass is 10.1. The number of carbonyl (C=O) groups is 3. The Morgan fingerprint density at radius 1 is 1.22 bits per heavy atom. The van der Waals surface area contributed by atoms with Gasteiger partial charge in [-0.15, -0.1) is 6.58 Å². The molecular formula is C32H40N4O9S. The first-order chi connectivity index (χ1) is 21.7. The van der Waals surface area contributed by atoms with Gasteiger partial charge >= 0.3 is 6.09 Å². The first-order valence-electron chi connectivity index (χ1n) is 15.1. The van der Waals surface area contributed by atoms with E-state index in [2.05, 4.69) is 28.2 Å². The Balaban J connectivity index is 1.42. The topological polar surface area (TPSA) is 162 Å². The SMILES string of the molecule is C=C[C@@H]1C[C@]1(NC(=O)[C@@H]1C[C@@H](Oc2cc(OCC)nc3c(C)c(OC)ccc23)CN1C(=O)OC(=C)C)C(=O)NS(=O)(=O)C1(C)CC1. The van der Waals surface area contributed by atoms with Crippen LogP contribution in [0.15, 0.2) is 43.2 Å². The number of ether oxygens (including phenoxy) is 4. The van der Waals surface area contributed by atoms with Crippen molar-refractivity contribution in [2.75, 3.05) is 20.3 Å². The summed E-state index contributed by atoms with van der Waals surface area (Å²) in [4.78, 5) is 46.2. The van der Waals surface area contributed by atoms with Crippen molar-refractivity contribution in [1.29, 1.82) is 0 Å². The van der Waals surface area contributed by atoms with Crippen LogP contribution in [0.25, 0.3) is 10.9 Å². The van der Waals surface area contributed by atoms with Crippen LogP contribution in [0.1, 0.15) is 52.0 Å². The fraction of sp³-hybridized carbons (Fsp3) is 0.500. The molecule has 0 spiro atoms. The molecule has 0 unspecified atom stereocenters. The predicted octanol–water partition coefficient (Wildman–Crippen LogP) is 3.50. The number of hydrogen-bond acceptors (Lipinski definition) is 10. The third-order valence-electron chi connectivity index (χ3n) is 8.87. The number of pyridine rings is 1. The number of carbonyl (C=O) groups excluding carboxylic acids is 3. The van der Waals surface area contributed by atoms with Crippen LogP contribution in [-0.4, -0.2) is 78.9 Å². The summed E-state index contributed by atoms with van der Waals surface area (Å²) in [5.74, 6) is -0.457. The van der Waals surface area contributed by atoms with Crippen LogP contribution >= 0.6 is 0 Å². The molecule has 13 nitrogen and oxygen atoms in total. The summed E-state index contributed by atoms with van der Waals surface area (Å²) in [7, 11) is -2.38. The molecule has 46 heavy (non-hydrogen) atoms. The van der Waals surface area contributed by atoms with Crippen molar-refractivity contribution in [2.24, 2.45) is 5.92 Å². The highest BCUT2D eigenvalue weighted by atomic mass is 32.2. The molecule has 2 N–H and O–H groups in total. The fourth-order valence-corrected chi connectivity index (χ4v) is 7.05. The molecule has 1 aliphatic heterocycles. The second kappa shape index (κ2) is 12.1. The molecule has 3 fully saturated rings. The first-order valence-corrected chi connectivity index (χ1v) is 16.6. The molecule has 2 saturated carbocycles. The minimum Gasteiger partial charge on any atom is -0.496 e. The van der Waals surface area contributed by atoms with E-state index in [1.807, 2.05) is 19.9 Å². The zero-order valence-corrected chi connectivity index (χ0v) is 27.5.